The summed E-state index contributed by atoms with van der Waals surface area (Å²) < 4.78 is 0. The lowest BCUT2D eigenvalue weighted by atomic mass is 9.57. The fraction of sp³-hybridized carbons (Fsp3) is 0.889. The Morgan fingerprint density at radius 3 is 2.33 bits per heavy atom. The Labute approximate surface area is 72.2 Å². The van der Waals surface area contributed by atoms with Crippen molar-refractivity contribution in [3.05, 3.63) is 0 Å². The van der Waals surface area contributed by atoms with Crippen molar-refractivity contribution < 1.29 is 9.90 Å². The lowest BCUT2D eigenvalue weighted by Gasteiger charge is -2.58. The van der Waals surface area contributed by atoms with E-state index in [0.29, 0.717) is 0 Å². The van der Waals surface area contributed by atoms with E-state index in [2.05, 4.69) is 5.32 Å². The molecule has 68 valence electrons. The van der Waals surface area contributed by atoms with Gasteiger partial charge in [0.1, 0.15) is 0 Å². The zero-order valence-corrected chi connectivity index (χ0v) is 7.55. The molecule has 1 saturated heterocycles. The highest BCUT2D eigenvalue weighted by molar-refractivity contribution is 5.89. The number of aliphatic hydroxyl groups is 1. The summed E-state index contributed by atoms with van der Waals surface area (Å²) in [6.07, 6.45) is 3.24. The smallest absolute Gasteiger partial charge is 0.228 e. The van der Waals surface area contributed by atoms with Gasteiger partial charge in [-0.2, -0.15) is 0 Å². The molecule has 1 amide bonds. The van der Waals surface area contributed by atoms with Crippen molar-refractivity contribution in [2.45, 2.75) is 44.2 Å². The Morgan fingerprint density at radius 2 is 2.17 bits per heavy atom. The zero-order chi connectivity index (χ0) is 8.98. The maximum Gasteiger partial charge on any atom is 0.228 e. The molecule has 0 aromatic carbocycles. The van der Waals surface area contributed by atoms with E-state index >= 15 is 0 Å². The van der Waals surface area contributed by atoms with E-state index in [9.17, 15) is 9.90 Å². The van der Waals surface area contributed by atoms with Crippen molar-refractivity contribution in [1.29, 1.82) is 0 Å². The van der Waals surface area contributed by atoms with E-state index < -0.39 is 5.60 Å². The molecule has 1 heterocycles. The lowest BCUT2D eigenvalue weighted by molar-refractivity contribution is -0.167. The second-order valence-electron chi connectivity index (χ2n) is 4.59. The standard InChI is InChI=1S/C9H15NO2/c1-8(2,12)6-7(11)10-9(6)4-3-5-9/h6,12H,3-5H2,1-2H3,(H,10,11). The van der Waals surface area contributed by atoms with Crippen molar-refractivity contribution in [2.24, 2.45) is 5.92 Å². The first-order valence-electron chi connectivity index (χ1n) is 4.50. The quantitative estimate of drug-likeness (QED) is 0.559. The van der Waals surface area contributed by atoms with Crippen molar-refractivity contribution in [2.75, 3.05) is 0 Å². The minimum Gasteiger partial charge on any atom is -0.390 e. The second-order valence-corrected chi connectivity index (χ2v) is 4.59. The summed E-state index contributed by atoms with van der Waals surface area (Å²) in [5.41, 5.74) is -0.891. The Morgan fingerprint density at radius 1 is 1.58 bits per heavy atom. The monoisotopic (exact) mass is 169 g/mol. The molecule has 1 unspecified atom stereocenters. The van der Waals surface area contributed by atoms with Crippen LogP contribution >= 0.6 is 0 Å². The number of carbonyl (C=O) groups excluding carboxylic acids is 1. The third-order valence-electron chi connectivity index (χ3n) is 3.14. The van der Waals surface area contributed by atoms with Gasteiger partial charge in [-0.25, -0.2) is 0 Å². The Hall–Kier alpha value is -0.570. The summed E-state index contributed by atoms with van der Waals surface area (Å²) in [6, 6.07) is 0. The normalized spacial score (nSPS) is 32.2. The van der Waals surface area contributed by atoms with Crippen molar-refractivity contribution in [1.82, 2.24) is 5.32 Å². The number of nitrogens with one attached hydrogen (secondary N) is 1. The molecular weight excluding hydrogens is 154 g/mol. The summed E-state index contributed by atoms with van der Waals surface area (Å²) in [5, 5.41) is 12.7. The summed E-state index contributed by atoms with van der Waals surface area (Å²) in [7, 11) is 0. The van der Waals surface area contributed by atoms with Gasteiger partial charge in [-0.3, -0.25) is 4.79 Å². The Bertz CT molecular complexity index is 225. The molecule has 1 saturated carbocycles. The fourth-order valence-corrected chi connectivity index (χ4v) is 2.53. The summed E-state index contributed by atoms with van der Waals surface area (Å²) in [5.74, 6) is -0.166. The first-order valence-corrected chi connectivity index (χ1v) is 4.50. The van der Waals surface area contributed by atoms with Crippen LogP contribution in [-0.2, 0) is 4.79 Å². The van der Waals surface area contributed by atoms with Crippen LogP contribution in [0.1, 0.15) is 33.1 Å². The highest BCUT2D eigenvalue weighted by atomic mass is 16.3. The molecule has 2 aliphatic rings. The van der Waals surface area contributed by atoms with Gasteiger partial charge in [0, 0.05) is 0 Å². The number of hydrogen-bond acceptors (Lipinski definition) is 2. The molecule has 1 atom stereocenters. The minimum atomic E-state index is -0.858. The van der Waals surface area contributed by atoms with Crippen LogP contribution in [0, 0.1) is 5.92 Å². The van der Waals surface area contributed by atoms with E-state index in [1.165, 1.54) is 6.42 Å². The molecule has 3 nitrogen and oxygen atoms in total. The van der Waals surface area contributed by atoms with Crippen LogP contribution in [0.4, 0.5) is 0 Å². The molecule has 0 radical (unpaired) electrons. The molecule has 2 fully saturated rings. The van der Waals surface area contributed by atoms with Gasteiger partial charge >= 0.3 is 0 Å². The first-order chi connectivity index (χ1) is 5.46. The summed E-state index contributed by atoms with van der Waals surface area (Å²) in [6.45, 7) is 3.44. The molecule has 0 aromatic rings. The molecule has 3 heteroatoms. The van der Waals surface area contributed by atoms with Gasteiger partial charge in [0.25, 0.3) is 0 Å². The van der Waals surface area contributed by atoms with Gasteiger partial charge in [-0.15, -0.1) is 0 Å². The largest absolute Gasteiger partial charge is 0.390 e. The zero-order valence-electron chi connectivity index (χ0n) is 7.55. The van der Waals surface area contributed by atoms with Crippen LogP contribution in [0.5, 0.6) is 0 Å². The van der Waals surface area contributed by atoms with Gasteiger partial charge < -0.3 is 10.4 Å². The second kappa shape index (κ2) is 2.02. The molecule has 12 heavy (non-hydrogen) atoms. The number of hydrogen-bond donors (Lipinski definition) is 2. The van der Waals surface area contributed by atoms with Gasteiger partial charge in [0.15, 0.2) is 0 Å². The predicted molar refractivity (Wildman–Crippen MR) is 44.5 cm³/mol. The summed E-state index contributed by atoms with van der Waals surface area (Å²) >= 11 is 0. The SMILES string of the molecule is CC(C)(O)C1C(=O)NC12CCC2. The van der Waals surface area contributed by atoms with Crippen LogP contribution in [0.2, 0.25) is 0 Å². The fourth-order valence-electron chi connectivity index (χ4n) is 2.53. The van der Waals surface area contributed by atoms with Crippen LogP contribution in [0.3, 0.4) is 0 Å². The van der Waals surface area contributed by atoms with E-state index in [0.717, 1.165) is 12.8 Å². The Balaban J connectivity index is 2.17. The average Bonchev–Trinajstić information content (AvgIpc) is 1.72. The molecule has 0 bridgehead atoms. The maximum absolute atomic E-state index is 11.2. The molecular formula is C9H15NO2. The van der Waals surface area contributed by atoms with Crippen LogP contribution in [0.25, 0.3) is 0 Å². The molecule has 0 aromatic heterocycles. The van der Waals surface area contributed by atoms with Crippen LogP contribution in [-0.4, -0.2) is 22.2 Å². The van der Waals surface area contributed by atoms with E-state index in [1.807, 2.05) is 0 Å². The van der Waals surface area contributed by atoms with E-state index in [1.54, 1.807) is 13.8 Å². The lowest BCUT2D eigenvalue weighted by Crippen LogP contribution is -2.77. The maximum atomic E-state index is 11.2. The topological polar surface area (TPSA) is 49.3 Å². The average molecular weight is 169 g/mol. The number of amides is 1. The van der Waals surface area contributed by atoms with Crippen molar-refractivity contribution in [3.8, 4) is 0 Å². The Kier molecular flexibility index (Phi) is 1.35. The van der Waals surface area contributed by atoms with Crippen molar-refractivity contribution >= 4 is 5.91 Å². The van der Waals surface area contributed by atoms with Crippen molar-refractivity contribution in [3.63, 3.8) is 0 Å². The molecule has 1 aliphatic heterocycles. The first kappa shape index (κ1) is 8.05. The van der Waals surface area contributed by atoms with Gasteiger partial charge in [0.2, 0.25) is 5.91 Å². The van der Waals surface area contributed by atoms with Gasteiger partial charge in [0.05, 0.1) is 17.1 Å². The third kappa shape index (κ3) is 0.829. The molecule has 2 N–H and O–H groups in total. The molecule has 1 spiro atoms. The van der Waals surface area contributed by atoms with E-state index in [-0.39, 0.29) is 17.4 Å². The number of rotatable bonds is 1. The summed E-state index contributed by atoms with van der Waals surface area (Å²) in [4.78, 5) is 11.2. The van der Waals surface area contributed by atoms with E-state index in [4.69, 9.17) is 0 Å². The predicted octanol–water partition coefficient (Wildman–Crippen LogP) is 0.426. The minimum absolute atomic E-state index is 0.0159. The molecule has 1 aliphatic carbocycles. The highest BCUT2D eigenvalue weighted by Crippen LogP contribution is 2.48. The number of carbonyl (C=O) groups is 1. The van der Waals surface area contributed by atoms with Crippen LogP contribution in [0.15, 0.2) is 0 Å². The van der Waals surface area contributed by atoms with Crippen LogP contribution < -0.4 is 5.32 Å². The number of β-lactam (4-membered cyclic amide) rings is 1. The van der Waals surface area contributed by atoms with Gasteiger partial charge in [-0.1, -0.05) is 0 Å². The third-order valence-corrected chi connectivity index (χ3v) is 3.14. The molecule has 2 rings (SSSR count). The highest BCUT2D eigenvalue weighted by Gasteiger charge is 2.61. The van der Waals surface area contributed by atoms with Gasteiger partial charge in [-0.05, 0) is 33.1 Å².